The summed E-state index contributed by atoms with van der Waals surface area (Å²) < 4.78 is 0.842. The van der Waals surface area contributed by atoms with Crippen LogP contribution in [0.15, 0.2) is 28.7 Å². The Morgan fingerprint density at radius 2 is 1.91 bits per heavy atom. The second kappa shape index (κ2) is 8.13. The highest BCUT2D eigenvalue weighted by Gasteiger charge is 2.33. The first kappa shape index (κ1) is 18.2. The maximum atomic E-state index is 12.0. The molecule has 126 valence electrons. The predicted octanol–water partition coefficient (Wildman–Crippen LogP) is 2.00. The summed E-state index contributed by atoms with van der Waals surface area (Å²) >= 11 is 3.33. The number of rotatable bonds is 4. The van der Waals surface area contributed by atoms with E-state index in [2.05, 4.69) is 31.9 Å². The highest BCUT2D eigenvalue weighted by Crippen LogP contribution is 2.26. The first-order valence-corrected chi connectivity index (χ1v) is 8.48. The van der Waals surface area contributed by atoms with Crippen LogP contribution < -0.4 is 16.0 Å². The van der Waals surface area contributed by atoms with Gasteiger partial charge in [0, 0.05) is 28.2 Å². The Kier molecular flexibility index (Phi) is 6.44. The Morgan fingerprint density at radius 3 is 2.57 bits per heavy atom. The molecule has 0 saturated carbocycles. The standard InChI is InChI=1S/C16H20BrN3O2.ClH/c17-11-3-1-2-10(6-11)16(22)18-9-15(21)20-14-7-12-4-5-13(8-14)19-12;/h1-3,6,12-14,19H,4-5,7-9H2,(H,18,22)(H,20,21);1H. The van der Waals surface area contributed by atoms with E-state index in [0.717, 1.165) is 17.3 Å². The second-order valence-electron chi connectivity index (χ2n) is 6.07. The van der Waals surface area contributed by atoms with E-state index < -0.39 is 0 Å². The van der Waals surface area contributed by atoms with Crippen molar-refractivity contribution < 1.29 is 9.59 Å². The molecule has 1 aromatic carbocycles. The molecule has 2 heterocycles. The van der Waals surface area contributed by atoms with Crippen LogP contribution in [0.3, 0.4) is 0 Å². The van der Waals surface area contributed by atoms with Gasteiger partial charge in [-0.2, -0.15) is 0 Å². The minimum Gasteiger partial charge on any atom is -0.352 e. The summed E-state index contributed by atoms with van der Waals surface area (Å²) in [7, 11) is 0. The SMILES string of the molecule is Cl.O=C(CNC(=O)c1cccc(Br)c1)NC1CC2CCC(C1)N2. The van der Waals surface area contributed by atoms with Crippen LogP contribution in [0, 0.1) is 0 Å². The third-order valence-corrected chi connectivity index (χ3v) is 4.83. The number of carbonyl (C=O) groups is 2. The number of fused-ring (bicyclic) bond motifs is 2. The Hall–Kier alpha value is -1.11. The van der Waals surface area contributed by atoms with Gasteiger partial charge in [0.05, 0.1) is 6.54 Å². The van der Waals surface area contributed by atoms with Crippen LogP contribution >= 0.6 is 28.3 Å². The first-order valence-electron chi connectivity index (χ1n) is 7.69. The predicted molar refractivity (Wildman–Crippen MR) is 94.8 cm³/mol. The summed E-state index contributed by atoms with van der Waals surface area (Å²) in [4.78, 5) is 24.0. The Balaban J connectivity index is 0.00000192. The second-order valence-corrected chi connectivity index (χ2v) is 6.98. The number of nitrogens with one attached hydrogen (secondary N) is 3. The lowest BCUT2D eigenvalue weighted by Gasteiger charge is -2.29. The molecule has 2 amide bonds. The lowest BCUT2D eigenvalue weighted by Crippen LogP contribution is -2.50. The quantitative estimate of drug-likeness (QED) is 0.721. The third kappa shape index (κ3) is 4.93. The molecule has 3 rings (SSSR count). The number of piperidine rings is 1. The molecule has 7 heteroatoms. The fraction of sp³-hybridized carbons (Fsp3) is 0.500. The Morgan fingerprint density at radius 1 is 1.22 bits per heavy atom. The van der Waals surface area contributed by atoms with Gasteiger partial charge in [0.1, 0.15) is 0 Å². The molecule has 0 aliphatic carbocycles. The van der Waals surface area contributed by atoms with Crippen LogP contribution in [-0.4, -0.2) is 36.5 Å². The molecule has 3 N–H and O–H groups in total. The molecular formula is C16H21BrClN3O2. The van der Waals surface area contributed by atoms with E-state index in [1.54, 1.807) is 18.2 Å². The van der Waals surface area contributed by atoms with Gasteiger partial charge in [-0.25, -0.2) is 0 Å². The molecule has 2 aliphatic heterocycles. The molecule has 2 aliphatic rings. The molecule has 2 unspecified atom stereocenters. The van der Waals surface area contributed by atoms with Crippen LogP contribution in [0.25, 0.3) is 0 Å². The van der Waals surface area contributed by atoms with Gasteiger partial charge < -0.3 is 16.0 Å². The Bertz CT molecular complexity index is 572. The van der Waals surface area contributed by atoms with Crippen molar-refractivity contribution in [2.24, 2.45) is 0 Å². The first-order chi connectivity index (χ1) is 10.6. The molecule has 0 radical (unpaired) electrons. The van der Waals surface area contributed by atoms with Crippen LogP contribution in [0.1, 0.15) is 36.0 Å². The fourth-order valence-corrected chi connectivity index (χ4v) is 3.75. The molecule has 23 heavy (non-hydrogen) atoms. The largest absolute Gasteiger partial charge is 0.352 e. The molecule has 2 atom stereocenters. The highest BCUT2D eigenvalue weighted by atomic mass is 79.9. The lowest BCUT2D eigenvalue weighted by molar-refractivity contribution is -0.121. The van der Waals surface area contributed by atoms with E-state index >= 15 is 0 Å². The number of halogens is 2. The summed E-state index contributed by atoms with van der Waals surface area (Å²) in [5.74, 6) is -0.350. The summed E-state index contributed by atoms with van der Waals surface area (Å²) in [6.07, 6.45) is 4.39. The van der Waals surface area contributed by atoms with Crippen molar-refractivity contribution in [1.29, 1.82) is 0 Å². The van der Waals surface area contributed by atoms with Crippen LogP contribution in [0.2, 0.25) is 0 Å². The molecule has 5 nitrogen and oxygen atoms in total. The molecule has 0 aromatic heterocycles. The molecular weight excluding hydrogens is 382 g/mol. The van der Waals surface area contributed by atoms with Gasteiger partial charge in [0.15, 0.2) is 0 Å². The van der Waals surface area contributed by atoms with Crippen LogP contribution in [-0.2, 0) is 4.79 Å². The van der Waals surface area contributed by atoms with E-state index in [1.165, 1.54) is 12.8 Å². The smallest absolute Gasteiger partial charge is 0.251 e. The number of carbonyl (C=O) groups excluding carboxylic acids is 2. The van der Waals surface area contributed by atoms with Gasteiger partial charge in [-0.1, -0.05) is 22.0 Å². The number of hydrogen-bond acceptors (Lipinski definition) is 3. The van der Waals surface area contributed by atoms with Crippen molar-refractivity contribution in [3.05, 3.63) is 34.3 Å². The van der Waals surface area contributed by atoms with Crippen molar-refractivity contribution in [2.75, 3.05) is 6.54 Å². The normalized spacial score (nSPS) is 25.3. The van der Waals surface area contributed by atoms with Crippen molar-refractivity contribution in [1.82, 2.24) is 16.0 Å². The monoisotopic (exact) mass is 401 g/mol. The van der Waals surface area contributed by atoms with Gasteiger partial charge >= 0.3 is 0 Å². The summed E-state index contributed by atoms with van der Waals surface area (Å²) in [5.41, 5.74) is 0.544. The maximum absolute atomic E-state index is 12.0. The summed E-state index contributed by atoms with van der Waals surface area (Å²) in [6.45, 7) is 0.0185. The summed E-state index contributed by atoms with van der Waals surface area (Å²) in [6, 6.07) is 8.42. The zero-order valence-corrected chi connectivity index (χ0v) is 15.1. The van der Waals surface area contributed by atoms with E-state index in [1.807, 2.05) is 6.07 Å². The average Bonchev–Trinajstić information content (AvgIpc) is 2.83. The van der Waals surface area contributed by atoms with E-state index in [0.29, 0.717) is 17.6 Å². The van der Waals surface area contributed by atoms with Gasteiger partial charge in [-0.15, -0.1) is 12.4 Å². The van der Waals surface area contributed by atoms with E-state index in [4.69, 9.17) is 0 Å². The number of hydrogen-bond donors (Lipinski definition) is 3. The maximum Gasteiger partial charge on any atom is 0.251 e. The Labute approximate surface area is 150 Å². The summed E-state index contributed by atoms with van der Waals surface area (Å²) in [5, 5.41) is 9.25. The highest BCUT2D eigenvalue weighted by molar-refractivity contribution is 9.10. The minimum atomic E-state index is -0.234. The van der Waals surface area contributed by atoms with Gasteiger partial charge in [0.25, 0.3) is 5.91 Å². The zero-order chi connectivity index (χ0) is 15.5. The fourth-order valence-electron chi connectivity index (χ4n) is 3.35. The average molecular weight is 403 g/mol. The van der Waals surface area contributed by atoms with Gasteiger partial charge in [-0.3, -0.25) is 9.59 Å². The molecule has 1 aromatic rings. The topological polar surface area (TPSA) is 70.2 Å². The zero-order valence-electron chi connectivity index (χ0n) is 12.7. The van der Waals surface area contributed by atoms with Crippen LogP contribution in [0.5, 0.6) is 0 Å². The lowest BCUT2D eigenvalue weighted by atomic mass is 10.00. The van der Waals surface area contributed by atoms with Gasteiger partial charge in [-0.05, 0) is 43.9 Å². The number of amides is 2. The van der Waals surface area contributed by atoms with Crippen molar-refractivity contribution in [2.45, 2.75) is 43.8 Å². The van der Waals surface area contributed by atoms with Crippen molar-refractivity contribution in [3.63, 3.8) is 0 Å². The van der Waals surface area contributed by atoms with Gasteiger partial charge in [0.2, 0.25) is 5.91 Å². The molecule has 2 saturated heterocycles. The molecule has 2 fully saturated rings. The van der Waals surface area contributed by atoms with E-state index in [9.17, 15) is 9.59 Å². The van der Waals surface area contributed by atoms with Crippen molar-refractivity contribution in [3.8, 4) is 0 Å². The van der Waals surface area contributed by atoms with E-state index in [-0.39, 0.29) is 36.8 Å². The third-order valence-electron chi connectivity index (χ3n) is 4.33. The number of benzene rings is 1. The molecule has 0 spiro atoms. The van der Waals surface area contributed by atoms with Crippen molar-refractivity contribution >= 4 is 40.2 Å². The van der Waals surface area contributed by atoms with Crippen LogP contribution in [0.4, 0.5) is 0 Å². The minimum absolute atomic E-state index is 0. The molecule has 2 bridgehead atoms.